The lowest BCUT2D eigenvalue weighted by molar-refractivity contribution is -0.128. The minimum atomic E-state index is -0.445. The molecule has 98 valence electrons. The molecule has 1 aromatic carbocycles. The Labute approximate surface area is 112 Å². The van der Waals surface area contributed by atoms with Crippen molar-refractivity contribution in [2.45, 2.75) is 45.4 Å². The molecule has 0 unspecified atom stereocenters. The van der Waals surface area contributed by atoms with E-state index < -0.39 is 5.82 Å². The first-order chi connectivity index (χ1) is 8.57. The van der Waals surface area contributed by atoms with Gasteiger partial charge in [0, 0.05) is 11.8 Å². The van der Waals surface area contributed by atoms with Gasteiger partial charge in [-0.3, -0.25) is 4.79 Å². The van der Waals surface area contributed by atoms with E-state index in [9.17, 15) is 9.18 Å². The summed E-state index contributed by atoms with van der Waals surface area (Å²) in [7, 11) is 0. The second-order valence-electron chi connectivity index (χ2n) is 5.19. The van der Waals surface area contributed by atoms with Gasteiger partial charge in [-0.25, -0.2) is 4.39 Å². The van der Waals surface area contributed by atoms with Crippen molar-refractivity contribution in [3.8, 4) is 0 Å². The van der Waals surface area contributed by atoms with Crippen molar-refractivity contribution in [3.63, 3.8) is 0 Å². The molecule has 1 aliphatic rings. The first-order valence-electron chi connectivity index (χ1n) is 6.54. The molecule has 0 aliphatic heterocycles. The summed E-state index contributed by atoms with van der Waals surface area (Å²) < 4.78 is 13.3. The van der Waals surface area contributed by atoms with E-state index in [1.807, 2.05) is 0 Å². The average molecular weight is 269 g/mol. The number of halogens is 2. The largest absolute Gasteiger partial charge is 0.299 e. The monoisotopic (exact) mass is 268 g/mol. The molecule has 0 heterocycles. The number of Topliss-reactive ketones (excluding diaryl/α,β-unsaturated/α-hetero) is 1. The van der Waals surface area contributed by atoms with Crippen LogP contribution in [0.5, 0.6) is 0 Å². The molecule has 18 heavy (non-hydrogen) atoms. The Kier molecular flexibility index (Phi) is 4.06. The number of hydrogen-bond donors (Lipinski definition) is 0. The van der Waals surface area contributed by atoms with Crippen LogP contribution in [-0.2, 0) is 11.2 Å². The quantitative estimate of drug-likeness (QED) is 0.782. The number of carbonyl (C=O) groups is 1. The number of benzene rings is 1. The molecule has 0 spiro atoms. The second kappa shape index (κ2) is 5.40. The van der Waals surface area contributed by atoms with Crippen molar-refractivity contribution in [2.75, 3.05) is 0 Å². The first kappa shape index (κ1) is 13.5. The molecule has 0 saturated heterocycles. The van der Waals surface area contributed by atoms with E-state index in [1.165, 1.54) is 12.1 Å². The van der Waals surface area contributed by atoms with E-state index in [1.54, 1.807) is 6.07 Å². The number of rotatable bonds is 4. The third-order valence-corrected chi connectivity index (χ3v) is 4.48. The zero-order valence-corrected chi connectivity index (χ0v) is 11.4. The molecule has 0 aromatic heterocycles. The Bertz CT molecular complexity index is 450. The molecule has 3 heteroatoms. The van der Waals surface area contributed by atoms with Gasteiger partial charge in [0.15, 0.2) is 0 Å². The van der Waals surface area contributed by atoms with Crippen LogP contribution in [0.25, 0.3) is 0 Å². The van der Waals surface area contributed by atoms with Gasteiger partial charge in [-0.1, -0.05) is 37.4 Å². The molecule has 1 aromatic rings. The molecule has 2 rings (SSSR count). The minimum absolute atomic E-state index is 0.109. The smallest absolute Gasteiger partial charge is 0.143 e. The van der Waals surface area contributed by atoms with E-state index in [0.29, 0.717) is 6.42 Å². The molecule has 0 N–H and O–H groups in total. The highest BCUT2D eigenvalue weighted by Gasteiger charge is 2.38. The van der Waals surface area contributed by atoms with Crippen LogP contribution in [0.3, 0.4) is 0 Å². The Hall–Kier alpha value is -0.890. The van der Waals surface area contributed by atoms with Crippen LogP contribution in [0.15, 0.2) is 18.2 Å². The van der Waals surface area contributed by atoms with Crippen LogP contribution in [0.1, 0.15) is 44.6 Å². The standard InChI is InChI=1S/C15H18ClFO/c1-2-15(7-3-4-8-15)14(18)10-11-5-6-12(16)13(17)9-11/h5-6,9H,2-4,7-8,10H2,1H3. The molecular formula is C15H18ClFO. The van der Waals surface area contributed by atoms with Gasteiger partial charge in [-0.15, -0.1) is 0 Å². The van der Waals surface area contributed by atoms with E-state index in [4.69, 9.17) is 11.6 Å². The molecule has 0 bridgehead atoms. The normalized spacial score (nSPS) is 17.9. The Balaban J connectivity index is 2.13. The fourth-order valence-corrected chi connectivity index (χ4v) is 3.02. The predicted octanol–water partition coefficient (Wildman–Crippen LogP) is 4.56. The van der Waals surface area contributed by atoms with Crippen LogP contribution in [0, 0.1) is 11.2 Å². The number of carbonyl (C=O) groups excluding carboxylic acids is 1. The zero-order chi connectivity index (χ0) is 13.2. The summed E-state index contributed by atoms with van der Waals surface area (Å²) in [6.45, 7) is 2.08. The van der Waals surface area contributed by atoms with Crippen molar-refractivity contribution in [3.05, 3.63) is 34.6 Å². The van der Waals surface area contributed by atoms with E-state index in [-0.39, 0.29) is 16.2 Å². The first-order valence-corrected chi connectivity index (χ1v) is 6.92. The summed E-state index contributed by atoms with van der Waals surface area (Å²) in [4.78, 5) is 12.4. The molecule has 1 aliphatic carbocycles. The van der Waals surface area contributed by atoms with Gasteiger partial charge < -0.3 is 0 Å². The zero-order valence-electron chi connectivity index (χ0n) is 10.6. The van der Waals surface area contributed by atoms with Crippen LogP contribution in [-0.4, -0.2) is 5.78 Å². The predicted molar refractivity (Wildman–Crippen MR) is 71.3 cm³/mol. The van der Waals surface area contributed by atoms with Gasteiger partial charge in [-0.2, -0.15) is 0 Å². The molecule has 0 amide bonds. The van der Waals surface area contributed by atoms with Crippen LogP contribution < -0.4 is 0 Å². The summed E-state index contributed by atoms with van der Waals surface area (Å²) in [6.07, 6.45) is 5.45. The number of hydrogen-bond acceptors (Lipinski definition) is 1. The van der Waals surface area contributed by atoms with Gasteiger partial charge in [0.05, 0.1) is 5.02 Å². The van der Waals surface area contributed by atoms with Crippen molar-refractivity contribution in [1.29, 1.82) is 0 Å². The van der Waals surface area contributed by atoms with E-state index in [2.05, 4.69) is 6.92 Å². The van der Waals surface area contributed by atoms with Gasteiger partial charge >= 0.3 is 0 Å². The Morgan fingerprint density at radius 3 is 2.61 bits per heavy atom. The Morgan fingerprint density at radius 2 is 2.06 bits per heavy atom. The second-order valence-corrected chi connectivity index (χ2v) is 5.60. The summed E-state index contributed by atoms with van der Waals surface area (Å²) in [5.74, 6) is -0.192. The van der Waals surface area contributed by atoms with Crippen molar-refractivity contribution >= 4 is 17.4 Å². The minimum Gasteiger partial charge on any atom is -0.299 e. The van der Waals surface area contributed by atoms with Gasteiger partial charge in [0.2, 0.25) is 0 Å². The maximum absolute atomic E-state index is 13.3. The molecule has 1 saturated carbocycles. The lowest BCUT2D eigenvalue weighted by Crippen LogP contribution is -2.28. The average Bonchev–Trinajstić information content (AvgIpc) is 2.84. The summed E-state index contributed by atoms with van der Waals surface area (Å²) in [5.41, 5.74) is 0.567. The summed E-state index contributed by atoms with van der Waals surface area (Å²) >= 11 is 5.64. The topological polar surface area (TPSA) is 17.1 Å². The lowest BCUT2D eigenvalue weighted by atomic mass is 9.77. The maximum Gasteiger partial charge on any atom is 0.143 e. The number of ketones is 1. The molecule has 0 atom stereocenters. The highest BCUT2D eigenvalue weighted by molar-refractivity contribution is 6.30. The van der Waals surface area contributed by atoms with Crippen molar-refractivity contribution in [1.82, 2.24) is 0 Å². The third-order valence-electron chi connectivity index (χ3n) is 4.18. The van der Waals surface area contributed by atoms with Crippen LogP contribution in [0.2, 0.25) is 5.02 Å². The molecule has 1 fully saturated rings. The van der Waals surface area contributed by atoms with Gasteiger partial charge in [0.25, 0.3) is 0 Å². The Morgan fingerprint density at radius 1 is 1.39 bits per heavy atom. The molecular weight excluding hydrogens is 251 g/mol. The van der Waals surface area contributed by atoms with Crippen LogP contribution in [0.4, 0.5) is 4.39 Å². The molecule has 1 nitrogen and oxygen atoms in total. The fourth-order valence-electron chi connectivity index (χ4n) is 2.90. The summed E-state index contributed by atoms with van der Waals surface area (Å²) in [5, 5.41) is 0.109. The maximum atomic E-state index is 13.3. The van der Waals surface area contributed by atoms with E-state index >= 15 is 0 Å². The third kappa shape index (κ3) is 2.59. The van der Waals surface area contributed by atoms with Crippen molar-refractivity contribution < 1.29 is 9.18 Å². The van der Waals surface area contributed by atoms with E-state index in [0.717, 1.165) is 37.7 Å². The van der Waals surface area contributed by atoms with Crippen molar-refractivity contribution in [2.24, 2.45) is 5.41 Å². The summed E-state index contributed by atoms with van der Waals surface area (Å²) in [6, 6.07) is 4.63. The highest BCUT2D eigenvalue weighted by Crippen LogP contribution is 2.42. The molecule has 0 radical (unpaired) electrons. The fraction of sp³-hybridized carbons (Fsp3) is 0.533. The van der Waals surface area contributed by atoms with Crippen LogP contribution >= 0.6 is 11.6 Å². The van der Waals surface area contributed by atoms with Gasteiger partial charge in [0.1, 0.15) is 11.6 Å². The SMILES string of the molecule is CCC1(C(=O)Cc2ccc(Cl)c(F)c2)CCCC1. The lowest BCUT2D eigenvalue weighted by Gasteiger charge is -2.25. The van der Waals surface area contributed by atoms with Gasteiger partial charge in [-0.05, 0) is 37.0 Å². The highest BCUT2D eigenvalue weighted by atomic mass is 35.5.